The molecule has 0 atom stereocenters. The maximum atomic E-state index is 13.1. The van der Waals surface area contributed by atoms with E-state index in [1.54, 1.807) is 6.92 Å². The van der Waals surface area contributed by atoms with Crippen molar-refractivity contribution in [2.45, 2.75) is 25.7 Å². The third-order valence-electron chi connectivity index (χ3n) is 3.71. The number of azo groups is 1. The van der Waals surface area contributed by atoms with Crippen LogP contribution >= 0.6 is 0 Å². The second kappa shape index (κ2) is 7.53. The quantitative estimate of drug-likeness (QED) is 0.549. The number of halogens is 1. The van der Waals surface area contributed by atoms with E-state index in [9.17, 15) is 12.3 Å². The molecule has 7 heteroatoms. The van der Waals surface area contributed by atoms with Crippen LogP contribution in [0.25, 0.3) is 0 Å². The second-order valence-corrected chi connectivity index (χ2v) is 6.62. The fourth-order valence-corrected chi connectivity index (χ4v) is 2.76. The summed E-state index contributed by atoms with van der Waals surface area (Å²) in [4.78, 5) is 1.79. The Balaban J connectivity index is 2.25. The lowest BCUT2D eigenvalue weighted by molar-refractivity contribution is 0.552. The molecule has 0 aliphatic carbocycles. The molecule has 0 radical (unpaired) electrons. The van der Waals surface area contributed by atoms with Gasteiger partial charge in [0.2, 0.25) is 0 Å². The SMILES string of the molecule is CCN(CC)c1ccc(/N=N/c2cc(S(=O)(=O)F)ccc2C)cc1. The van der Waals surface area contributed by atoms with Crippen LogP contribution in [0.15, 0.2) is 57.6 Å². The highest BCUT2D eigenvalue weighted by Crippen LogP contribution is 2.27. The zero-order valence-electron chi connectivity index (χ0n) is 13.9. The molecule has 5 nitrogen and oxygen atoms in total. The lowest BCUT2D eigenvalue weighted by atomic mass is 10.2. The minimum Gasteiger partial charge on any atom is -0.372 e. The first-order chi connectivity index (χ1) is 11.3. The Morgan fingerprint density at radius 2 is 1.62 bits per heavy atom. The van der Waals surface area contributed by atoms with Gasteiger partial charge in [-0.2, -0.15) is 18.6 Å². The summed E-state index contributed by atoms with van der Waals surface area (Å²) in [6.07, 6.45) is 0. The summed E-state index contributed by atoms with van der Waals surface area (Å²) in [5, 5.41) is 8.15. The summed E-state index contributed by atoms with van der Waals surface area (Å²) in [5.74, 6) is 0. The van der Waals surface area contributed by atoms with E-state index >= 15 is 0 Å². The van der Waals surface area contributed by atoms with Crippen LogP contribution < -0.4 is 4.90 Å². The van der Waals surface area contributed by atoms with Crippen LogP contribution in [0, 0.1) is 6.92 Å². The molecule has 2 rings (SSSR count). The van der Waals surface area contributed by atoms with Gasteiger partial charge in [-0.05, 0) is 62.7 Å². The Labute approximate surface area is 142 Å². The van der Waals surface area contributed by atoms with Gasteiger partial charge in [0.25, 0.3) is 0 Å². The number of benzene rings is 2. The third-order valence-corrected chi connectivity index (χ3v) is 4.53. The Hall–Kier alpha value is -2.28. The van der Waals surface area contributed by atoms with Crippen LogP contribution in [-0.2, 0) is 10.2 Å². The zero-order chi connectivity index (χ0) is 17.7. The number of nitrogens with zero attached hydrogens (tertiary/aromatic N) is 3. The fraction of sp³-hybridized carbons (Fsp3) is 0.294. The molecular weight excluding hydrogens is 329 g/mol. The third kappa shape index (κ3) is 4.38. The number of hydrogen-bond acceptors (Lipinski definition) is 5. The first kappa shape index (κ1) is 18.1. The van der Waals surface area contributed by atoms with Crippen LogP contribution in [0.3, 0.4) is 0 Å². The molecular formula is C17H20FN3O2S. The van der Waals surface area contributed by atoms with Crippen molar-refractivity contribution in [2.24, 2.45) is 10.2 Å². The van der Waals surface area contributed by atoms with Gasteiger partial charge in [-0.3, -0.25) is 0 Å². The van der Waals surface area contributed by atoms with Crippen molar-refractivity contribution in [3.8, 4) is 0 Å². The maximum absolute atomic E-state index is 13.1. The van der Waals surface area contributed by atoms with Crippen molar-refractivity contribution >= 4 is 27.3 Å². The standard InChI is InChI=1S/C17H20FN3O2S/c1-4-21(5-2)15-9-7-14(8-10-15)19-20-17-12-16(24(18,22)23)11-6-13(17)3/h6-12H,4-5H2,1-3H3/b20-19+. The zero-order valence-corrected chi connectivity index (χ0v) is 14.7. The van der Waals surface area contributed by atoms with E-state index < -0.39 is 15.1 Å². The van der Waals surface area contributed by atoms with Gasteiger partial charge in [0.1, 0.15) is 4.90 Å². The predicted octanol–water partition coefficient (Wildman–Crippen LogP) is 4.91. The average molecular weight is 349 g/mol. The van der Waals surface area contributed by atoms with Crippen molar-refractivity contribution in [1.29, 1.82) is 0 Å². The van der Waals surface area contributed by atoms with E-state index in [2.05, 4.69) is 29.0 Å². The molecule has 0 aliphatic rings. The van der Waals surface area contributed by atoms with Gasteiger partial charge in [0, 0.05) is 18.8 Å². The van der Waals surface area contributed by atoms with Crippen molar-refractivity contribution in [3.63, 3.8) is 0 Å². The molecule has 0 N–H and O–H groups in total. The van der Waals surface area contributed by atoms with E-state index in [0.717, 1.165) is 18.8 Å². The fourth-order valence-electron chi connectivity index (χ4n) is 2.28. The molecule has 2 aromatic carbocycles. The molecule has 0 spiro atoms. The molecule has 2 aromatic rings. The van der Waals surface area contributed by atoms with Crippen molar-refractivity contribution in [3.05, 3.63) is 48.0 Å². The molecule has 0 amide bonds. The van der Waals surface area contributed by atoms with Gasteiger partial charge in [-0.15, -0.1) is 3.89 Å². The molecule has 0 saturated carbocycles. The lowest BCUT2D eigenvalue weighted by Gasteiger charge is -2.20. The minimum atomic E-state index is -4.75. The van der Waals surface area contributed by atoms with E-state index in [4.69, 9.17) is 0 Å². The first-order valence-electron chi connectivity index (χ1n) is 7.67. The molecule has 0 heterocycles. The highest BCUT2D eigenvalue weighted by Gasteiger charge is 2.13. The topological polar surface area (TPSA) is 62.1 Å². The molecule has 0 fully saturated rings. The van der Waals surface area contributed by atoms with Gasteiger partial charge in [0.15, 0.2) is 0 Å². The monoisotopic (exact) mass is 349 g/mol. The molecule has 128 valence electrons. The normalized spacial score (nSPS) is 11.8. The van der Waals surface area contributed by atoms with Crippen LogP contribution in [0.2, 0.25) is 0 Å². The Morgan fingerprint density at radius 3 is 2.17 bits per heavy atom. The maximum Gasteiger partial charge on any atom is 0.332 e. The Morgan fingerprint density at radius 1 is 1.00 bits per heavy atom. The minimum absolute atomic E-state index is 0.321. The summed E-state index contributed by atoms with van der Waals surface area (Å²) in [7, 11) is -4.75. The van der Waals surface area contributed by atoms with E-state index in [1.165, 1.54) is 18.2 Å². The largest absolute Gasteiger partial charge is 0.372 e. The Kier molecular flexibility index (Phi) is 5.66. The predicted molar refractivity (Wildman–Crippen MR) is 93.7 cm³/mol. The second-order valence-electron chi connectivity index (χ2n) is 5.27. The highest BCUT2D eigenvalue weighted by atomic mass is 32.3. The number of hydrogen-bond donors (Lipinski definition) is 0. The van der Waals surface area contributed by atoms with Crippen molar-refractivity contribution in [1.82, 2.24) is 0 Å². The van der Waals surface area contributed by atoms with Crippen LogP contribution in [0.5, 0.6) is 0 Å². The van der Waals surface area contributed by atoms with E-state index in [0.29, 0.717) is 16.9 Å². The van der Waals surface area contributed by atoms with E-state index in [1.807, 2.05) is 24.3 Å². The molecule has 24 heavy (non-hydrogen) atoms. The average Bonchev–Trinajstić information content (AvgIpc) is 2.55. The van der Waals surface area contributed by atoms with Crippen LogP contribution in [0.1, 0.15) is 19.4 Å². The van der Waals surface area contributed by atoms with Gasteiger partial charge in [0.05, 0.1) is 11.4 Å². The molecule has 0 saturated heterocycles. The lowest BCUT2D eigenvalue weighted by Crippen LogP contribution is -2.21. The van der Waals surface area contributed by atoms with Crippen LogP contribution in [-0.4, -0.2) is 21.5 Å². The van der Waals surface area contributed by atoms with E-state index in [-0.39, 0.29) is 0 Å². The van der Waals surface area contributed by atoms with Gasteiger partial charge in [-0.25, -0.2) is 0 Å². The van der Waals surface area contributed by atoms with Gasteiger partial charge < -0.3 is 4.90 Å². The number of rotatable bonds is 6. The van der Waals surface area contributed by atoms with Gasteiger partial charge in [-0.1, -0.05) is 6.07 Å². The smallest absolute Gasteiger partial charge is 0.332 e. The number of anilines is 1. The van der Waals surface area contributed by atoms with Crippen molar-refractivity contribution < 1.29 is 12.3 Å². The summed E-state index contributed by atoms with van der Waals surface area (Å²) < 4.78 is 35.0. The highest BCUT2D eigenvalue weighted by molar-refractivity contribution is 7.86. The molecule has 0 aliphatic heterocycles. The molecule has 0 aromatic heterocycles. The summed E-state index contributed by atoms with van der Waals surface area (Å²) >= 11 is 0. The number of aryl methyl sites for hydroxylation is 1. The van der Waals surface area contributed by atoms with Crippen molar-refractivity contribution in [2.75, 3.05) is 18.0 Å². The summed E-state index contributed by atoms with van der Waals surface area (Å²) in [5.41, 5.74) is 2.77. The summed E-state index contributed by atoms with van der Waals surface area (Å²) in [6.45, 7) is 7.77. The van der Waals surface area contributed by atoms with Crippen LogP contribution in [0.4, 0.5) is 20.9 Å². The Bertz CT molecular complexity index is 829. The summed E-state index contributed by atoms with van der Waals surface area (Å²) in [6, 6.07) is 11.5. The van der Waals surface area contributed by atoms with Gasteiger partial charge >= 0.3 is 10.2 Å². The first-order valence-corrected chi connectivity index (χ1v) is 9.05. The molecule has 0 unspecified atom stereocenters. The molecule has 0 bridgehead atoms.